The van der Waals surface area contributed by atoms with Crippen LogP contribution in [0, 0.1) is 0 Å². The van der Waals surface area contributed by atoms with Gasteiger partial charge in [-0.1, -0.05) is 97.1 Å². The molecule has 0 saturated heterocycles. The molecule has 3 heterocycles. The lowest BCUT2D eigenvalue weighted by Gasteiger charge is -2.16. The predicted octanol–water partition coefficient (Wildman–Crippen LogP) is 10.2. The average Bonchev–Trinajstić information content (AvgIpc) is 3.70. The van der Waals surface area contributed by atoms with Gasteiger partial charge in [0, 0.05) is 32.6 Å². The van der Waals surface area contributed by atoms with Crippen molar-refractivity contribution in [3.05, 3.63) is 156 Å². The van der Waals surface area contributed by atoms with Gasteiger partial charge in [-0.05, 0) is 75.0 Å². The highest BCUT2D eigenvalue weighted by Gasteiger charge is 2.32. The number of fused-ring (bicyclic) bond motifs is 7. The minimum atomic E-state index is 0.193. The molecule has 1 unspecified atom stereocenters. The number of para-hydroxylation sites is 1. The van der Waals surface area contributed by atoms with Gasteiger partial charge in [0.25, 0.3) is 0 Å². The summed E-state index contributed by atoms with van der Waals surface area (Å²) in [6.45, 7) is 0. The van der Waals surface area contributed by atoms with Crippen molar-refractivity contribution in [2.24, 2.45) is 0 Å². The van der Waals surface area contributed by atoms with Gasteiger partial charge in [-0.3, -0.25) is 4.57 Å². The number of hydrogen-bond donors (Lipinski definition) is 0. The van der Waals surface area contributed by atoms with Crippen LogP contribution in [0.15, 0.2) is 139 Å². The number of hydrogen-bond acceptors (Lipinski definition) is 2. The molecule has 3 heteroatoms. The zero-order chi connectivity index (χ0) is 26.9. The van der Waals surface area contributed by atoms with Gasteiger partial charge in [0.1, 0.15) is 5.65 Å². The Hall–Kier alpha value is -4.99. The standard InChI is InChI=1S/C38H24N2S/c1-2-10-24(11-3-1)34-21-20-31-28-13-6-8-16-35(28)40(38(31)39-34)25-18-19-27-26-12-4-5-15-30(26)37(32(27)22-25)33-23-41-36-17-9-7-14-29(33)36/h1-23,37H. The second kappa shape index (κ2) is 8.76. The second-order valence-electron chi connectivity index (χ2n) is 10.8. The van der Waals surface area contributed by atoms with E-state index in [0.717, 1.165) is 22.6 Å². The summed E-state index contributed by atoms with van der Waals surface area (Å²) < 4.78 is 3.69. The monoisotopic (exact) mass is 540 g/mol. The van der Waals surface area contributed by atoms with Gasteiger partial charge in [0.05, 0.1) is 11.2 Å². The van der Waals surface area contributed by atoms with Gasteiger partial charge in [-0.2, -0.15) is 0 Å². The van der Waals surface area contributed by atoms with Crippen molar-refractivity contribution >= 4 is 43.4 Å². The molecule has 5 aromatic carbocycles. The van der Waals surface area contributed by atoms with Crippen LogP contribution in [0.1, 0.15) is 22.6 Å². The summed E-state index contributed by atoms with van der Waals surface area (Å²) >= 11 is 1.84. The summed E-state index contributed by atoms with van der Waals surface area (Å²) in [4.78, 5) is 5.27. The lowest BCUT2D eigenvalue weighted by molar-refractivity contribution is 1.03. The van der Waals surface area contributed by atoms with Crippen LogP contribution in [-0.4, -0.2) is 9.55 Å². The Labute approximate surface area is 241 Å². The van der Waals surface area contributed by atoms with Crippen LogP contribution < -0.4 is 0 Å². The molecular weight excluding hydrogens is 516 g/mol. The van der Waals surface area contributed by atoms with Crippen molar-refractivity contribution in [3.8, 4) is 28.1 Å². The Morgan fingerprint density at radius 3 is 2.24 bits per heavy atom. The largest absolute Gasteiger partial charge is 0.294 e. The van der Waals surface area contributed by atoms with E-state index in [-0.39, 0.29) is 5.92 Å². The van der Waals surface area contributed by atoms with E-state index in [2.05, 4.69) is 143 Å². The third-order valence-electron chi connectivity index (χ3n) is 8.58. The molecule has 1 atom stereocenters. The van der Waals surface area contributed by atoms with Crippen molar-refractivity contribution in [2.45, 2.75) is 5.92 Å². The maximum atomic E-state index is 5.27. The predicted molar refractivity (Wildman–Crippen MR) is 172 cm³/mol. The van der Waals surface area contributed by atoms with Gasteiger partial charge >= 0.3 is 0 Å². The number of rotatable bonds is 3. The first-order valence-corrected chi connectivity index (χ1v) is 14.9. The van der Waals surface area contributed by atoms with Crippen LogP contribution in [0.4, 0.5) is 0 Å². The van der Waals surface area contributed by atoms with E-state index in [1.54, 1.807) is 0 Å². The maximum Gasteiger partial charge on any atom is 0.146 e. The fourth-order valence-corrected chi connectivity index (χ4v) is 7.75. The van der Waals surface area contributed by atoms with Crippen LogP contribution in [-0.2, 0) is 0 Å². The molecule has 0 radical (unpaired) electrons. The highest BCUT2D eigenvalue weighted by atomic mass is 32.1. The second-order valence-corrected chi connectivity index (χ2v) is 11.7. The van der Waals surface area contributed by atoms with Gasteiger partial charge in [-0.25, -0.2) is 4.98 Å². The molecule has 1 aliphatic rings. The highest BCUT2D eigenvalue weighted by Crippen LogP contribution is 2.51. The topological polar surface area (TPSA) is 17.8 Å². The third kappa shape index (κ3) is 3.33. The van der Waals surface area contributed by atoms with Gasteiger partial charge in [0.2, 0.25) is 0 Å². The van der Waals surface area contributed by atoms with Crippen LogP contribution in [0.25, 0.3) is 60.1 Å². The molecule has 0 bridgehead atoms. The Morgan fingerprint density at radius 2 is 1.32 bits per heavy atom. The highest BCUT2D eigenvalue weighted by molar-refractivity contribution is 7.17. The number of pyridine rings is 1. The molecule has 8 aromatic rings. The van der Waals surface area contributed by atoms with Crippen molar-refractivity contribution < 1.29 is 0 Å². The summed E-state index contributed by atoms with van der Waals surface area (Å²) in [6, 6.07) is 48.2. The molecule has 1 aliphatic carbocycles. The van der Waals surface area contributed by atoms with Crippen molar-refractivity contribution in [1.82, 2.24) is 9.55 Å². The van der Waals surface area contributed by atoms with Crippen molar-refractivity contribution in [1.29, 1.82) is 0 Å². The average molecular weight is 541 g/mol. The molecule has 0 fully saturated rings. The first-order chi connectivity index (χ1) is 20.3. The summed E-state index contributed by atoms with van der Waals surface area (Å²) in [6.07, 6.45) is 0. The van der Waals surface area contributed by atoms with Crippen LogP contribution in [0.5, 0.6) is 0 Å². The molecule has 0 N–H and O–H groups in total. The molecule has 41 heavy (non-hydrogen) atoms. The molecular formula is C38H24N2S. The molecule has 0 saturated carbocycles. The lowest BCUT2D eigenvalue weighted by atomic mass is 9.89. The van der Waals surface area contributed by atoms with E-state index in [4.69, 9.17) is 4.98 Å². The number of aromatic nitrogens is 2. The quantitative estimate of drug-likeness (QED) is 0.218. The molecule has 192 valence electrons. The first kappa shape index (κ1) is 22.8. The van der Waals surface area contributed by atoms with Gasteiger partial charge < -0.3 is 0 Å². The molecule has 0 amide bonds. The van der Waals surface area contributed by atoms with E-state index in [9.17, 15) is 0 Å². The number of thiophene rings is 1. The smallest absolute Gasteiger partial charge is 0.146 e. The van der Waals surface area contributed by atoms with Crippen LogP contribution in [0.3, 0.4) is 0 Å². The number of benzene rings is 5. The normalized spacial score (nSPS) is 14.1. The van der Waals surface area contributed by atoms with Gasteiger partial charge in [-0.15, -0.1) is 11.3 Å². The summed E-state index contributed by atoms with van der Waals surface area (Å²) in [5.74, 6) is 0.193. The number of nitrogens with zero attached hydrogens (tertiary/aromatic N) is 2. The fourth-order valence-electron chi connectivity index (χ4n) is 6.76. The van der Waals surface area contributed by atoms with E-state index >= 15 is 0 Å². The third-order valence-corrected chi connectivity index (χ3v) is 9.56. The minimum Gasteiger partial charge on any atom is -0.294 e. The molecule has 3 aromatic heterocycles. The Bertz CT molecular complexity index is 2270. The molecule has 9 rings (SSSR count). The van der Waals surface area contributed by atoms with E-state index in [1.807, 2.05) is 11.3 Å². The molecule has 0 spiro atoms. The summed E-state index contributed by atoms with van der Waals surface area (Å²) in [5.41, 5.74) is 12.2. The fraction of sp³-hybridized carbons (Fsp3) is 0.0263. The van der Waals surface area contributed by atoms with Gasteiger partial charge in [0.15, 0.2) is 0 Å². The maximum absolute atomic E-state index is 5.27. The Balaban J connectivity index is 1.31. The summed E-state index contributed by atoms with van der Waals surface area (Å²) in [7, 11) is 0. The van der Waals surface area contributed by atoms with Crippen LogP contribution >= 0.6 is 11.3 Å². The molecule has 0 aliphatic heterocycles. The SMILES string of the molecule is c1ccc(-c2ccc3c4ccccc4n(-c4ccc5c(c4)C(c4csc6ccccc46)c4ccccc4-5)c3n2)cc1. The first-order valence-electron chi connectivity index (χ1n) is 14.0. The van der Waals surface area contributed by atoms with Crippen molar-refractivity contribution in [2.75, 3.05) is 0 Å². The Kier molecular flexibility index (Phi) is 4.87. The van der Waals surface area contributed by atoms with E-state index < -0.39 is 0 Å². The van der Waals surface area contributed by atoms with E-state index in [1.165, 1.54) is 54.2 Å². The Morgan fingerprint density at radius 1 is 0.561 bits per heavy atom. The van der Waals surface area contributed by atoms with E-state index in [0.29, 0.717) is 0 Å². The lowest BCUT2D eigenvalue weighted by Crippen LogP contribution is -2.01. The summed E-state index contributed by atoms with van der Waals surface area (Å²) in [5, 5.41) is 6.10. The molecule has 2 nitrogen and oxygen atoms in total. The van der Waals surface area contributed by atoms with Crippen LogP contribution in [0.2, 0.25) is 0 Å². The van der Waals surface area contributed by atoms with Crippen molar-refractivity contribution in [3.63, 3.8) is 0 Å². The minimum absolute atomic E-state index is 0.193. The zero-order valence-electron chi connectivity index (χ0n) is 22.2. The zero-order valence-corrected chi connectivity index (χ0v) is 23.0.